The lowest BCUT2D eigenvalue weighted by Gasteiger charge is -2.27. The van der Waals surface area contributed by atoms with E-state index in [0.29, 0.717) is 30.1 Å². The molecule has 0 saturated heterocycles. The molecule has 0 bridgehead atoms. The zero-order chi connectivity index (χ0) is 20.3. The molecule has 0 aliphatic carbocycles. The fourth-order valence-electron chi connectivity index (χ4n) is 3.02. The van der Waals surface area contributed by atoms with Crippen LogP contribution in [0, 0.1) is 0 Å². The second kappa shape index (κ2) is 7.99. The Kier molecular flexibility index (Phi) is 5.49. The maximum absolute atomic E-state index is 12.5. The lowest BCUT2D eigenvalue weighted by molar-refractivity contribution is 0.112. The van der Waals surface area contributed by atoms with E-state index < -0.39 is 11.2 Å². The standard InChI is InChI=1S/C20H21N3O5/c1-4-27-15-9-7-14(8-10-15)23(12-16-6-5-11-28-16)18-17(13-24)19(25)22(3)20(26)21(18)2/h5-11,13H,4,12H2,1-3H3. The first-order chi connectivity index (χ1) is 13.5. The molecule has 28 heavy (non-hydrogen) atoms. The number of ether oxygens (including phenoxy) is 1. The van der Waals surface area contributed by atoms with Crippen LogP contribution in [0.1, 0.15) is 23.0 Å². The first kappa shape index (κ1) is 19.2. The van der Waals surface area contributed by atoms with Gasteiger partial charge in [0.05, 0.1) is 19.4 Å². The summed E-state index contributed by atoms with van der Waals surface area (Å²) in [7, 11) is 2.86. The number of benzene rings is 1. The highest BCUT2D eigenvalue weighted by atomic mass is 16.5. The number of rotatable bonds is 7. The molecule has 0 atom stereocenters. The maximum atomic E-state index is 12.5. The van der Waals surface area contributed by atoms with Crippen molar-refractivity contribution >= 4 is 17.8 Å². The van der Waals surface area contributed by atoms with Crippen molar-refractivity contribution in [2.45, 2.75) is 13.5 Å². The SMILES string of the molecule is CCOc1ccc(N(Cc2ccco2)c2c(C=O)c(=O)n(C)c(=O)n2C)cc1. The van der Waals surface area contributed by atoms with Crippen molar-refractivity contribution < 1.29 is 13.9 Å². The van der Waals surface area contributed by atoms with Crippen LogP contribution in [0.4, 0.5) is 11.5 Å². The van der Waals surface area contributed by atoms with Crippen molar-refractivity contribution in [2.75, 3.05) is 11.5 Å². The zero-order valence-electron chi connectivity index (χ0n) is 15.9. The number of aromatic nitrogens is 2. The van der Waals surface area contributed by atoms with Gasteiger partial charge in [0.1, 0.15) is 22.9 Å². The summed E-state index contributed by atoms with van der Waals surface area (Å²) < 4.78 is 13.1. The molecule has 8 heteroatoms. The average Bonchev–Trinajstić information content (AvgIpc) is 3.22. The molecule has 146 valence electrons. The lowest BCUT2D eigenvalue weighted by atomic mass is 10.2. The Bertz CT molecular complexity index is 1080. The normalized spacial score (nSPS) is 10.7. The van der Waals surface area contributed by atoms with Gasteiger partial charge in [-0.3, -0.25) is 18.7 Å². The Labute approximate surface area is 161 Å². The molecule has 0 amide bonds. The average molecular weight is 383 g/mol. The van der Waals surface area contributed by atoms with E-state index in [4.69, 9.17) is 9.15 Å². The van der Waals surface area contributed by atoms with Gasteiger partial charge >= 0.3 is 5.69 Å². The molecule has 3 rings (SSSR count). The van der Waals surface area contributed by atoms with Crippen LogP contribution < -0.4 is 20.9 Å². The van der Waals surface area contributed by atoms with Crippen LogP contribution >= 0.6 is 0 Å². The van der Waals surface area contributed by atoms with Gasteiger partial charge in [0.2, 0.25) is 0 Å². The Morgan fingerprint density at radius 1 is 1.11 bits per heavy atom. The highest BCUT2D eigenvalue weighted by Crippen LogP contribution is 2.29. The second-order valence-electron chi connectivity index (χ2n) is 6.15. The molecule has 2 heterocycles. The number of nitrogens with zero attached hydrogens (tertiary/aromatic N) is 3. The highest BCUT2D eigenvalue weighted by molar-refractivity contribution is 5.84. The number of carbonyl (C=O) groups is 1. The minimum atomic E-state index is -0.650. The summed E-state index contributed by atoms with van der Waals surface area (Å²) in [6.07, 6.45) is 2.01. The maximum Gasteiger partial charge on any atom is 0.332 e. The van der Waals surface area contributed by atoms with Crippen molar-refractivity contribution in [2.24, 2.45) is 14.1 Å². The largest absolute Gasteiger partial charge is 0.494 e. The van der Waals surface area contributed by atoms with E-state index in [9.17, 15) is 14.4 Å². The molecule has 0 unspecified atom stereocenters. The second-order valence-corrected chi connectivity index (χ2v) is 6.15. The number of hydrogen-bond donors (Lipinski definition) is 0. The molecule has 0 aliphatic rings. The van der Waals surface area contributed by atoms with Gasteiger partial charge in [-0.05, 0) is 43.3 Å². The first-order valence-corrected chi connectivity index (χ1v) is 8.75. The van der Waals surface area contributed by atoms with Crippen molar-refractivity contribution in [3.8, 4) is 5.75 Å². The van der Waals surface area contributed by atoms with Crippen LogP contribution in [-0.2, 0) is 20.6 Å². The van der Waals surface area contributed by atoms with Gasteiger partial charge in [-0.2, -0.15) is 0 Å². The van der Waals surface area contributed by atoms with E-state index in [-0.39, 0.29) is 17.9 Å². The molecule has 2 aromatic heterocycles. The smallest absolute Gasteiger partial charge is 0.332 e. The van der Waals surface area contributed by atoms with Crippen molar-refractivity contribution in [3.05, 3.63) is 74.8 Å². The third-order valence-electron chi connectivity index (χ3n) is 4.39. The van der Waals surface area contributed by atoms with E-state index in [2.05, 4.69) is 0 Å². The zero-order valence-corrected chi connectivity index (χ0v) is 15.9. The van der Waals surface area contributed by atoms with Crippen LogP contribution in [0.3, 0.4) is 0 Å². The van der Waals surface area contributed by atoms with Gasteiger partial charge in [-0.15, -0.1) is 0 Å². The number of carbonyl (C=O) groups excluding carboxylic acids is 1. The van der Waals surface area contributed by atoms with Crippen LogP contribution in [-0.4, -0.2) is 22.0 Å². The van der Waals surface area contributed by atoms with Gasteiger partial charge in [0, 0.05) is 19.8 Å². The van der Waals surface area contributed by atoms with E-state index in [1.165, 1.54) is 24.9 Å². The monoisotopic (exact) mass is 383 g/mol. The molecule has 0 spiro atoms. The Hall–Kier alpha value is -3.55. The molecular formula is C20H21N3O5. The van der Waals surface area contributed by atoms with E-state index in [1.807, 2.05) is 6.92 Å². The van der Waals surface area contributed by atoms with Gasteiger partial charge in [0.25, 0.3) is 5.56 Å². The number of furan rings is 1. The van der Waals surface area contributed by atoms with Crippen LogP contribution in [0.5, 0.6) is 5.75 Å². The molecule has 0 fully saturated rings. The van der Waals surface area contributed by atoms with E-state index in [1.54, 1.807) is 41.3 Å². The predicted octanol–water partition coefficient (Wildman–Crippen LogP) is 2.23. The summed E-state index contributed by atoms with van der Waals surface area (Å²) in [4.78, 5) is 38.5. The molecule has 0 saturated carbocycles. The van der Waals surface area contributed by atoms with Gasteiger partial charge in [-0.25, -0.2) is 4.79 Å². The van der Waals surface area contributed by atoms with Gasteiger partial charge < -0.3 is 14.1 Å². The summed E-state index contributed by atoms with van der Waals surface area (Å²) in [5.41, 5.74) is -0.610. The summed E-state index contributed by atoms with van der Waals surface area (Å²) in [5.74, 6) is 1.50. The fourth-order valence-corrected chi connectivity index (χ4v) is 3.02. The summed E-state index contributed by atoms with van der Waals surface area (Å²) in [5, 5.41) is 0. The Balaban J connectivity index is 2.21. The van der Waals surface area contributed by atoms with E-state index in [0.717, 1.165) is 4.57 Å². The minimum Gasteiger partial charge on any atom is -0.494 e. The van der Waals surface area contributed by atoms with Crippen molar-refractivity contribution in [3.63, 3.8) is 0 Å². The number of hydrogen-bond acceptors (Lipinski definition) is 6. The molecule has 0 aliphatic heterocycles. The molecule has 0 radical (unpaired) electrons. The number of anilines is 2. The molecule has 0 N–H and O–H groups in total. The molecule has 8 nitrogen and oxygen atoms in total. The third-order valence-corrected chi connectivity index (χ3v) is 4.39. The summed E-state index contributed by atoms with van der Waals surface area (Å²) >= 11 is 0. The van der Waals surface area contributed by atoms with Crippen molar-refractivity contribution in [1.82, 2.24) is 9.13 Å². The quantitative estimate of drug-likeness (QED) is 0.582. The van der Waals surface area contributed by atoms with Crippen LogP contribution in [0.2, 0.25) is 0 Å². The molecule has 3 aromatic rings. The predicted molar refractivity (Wildman–Crippen MR) is 104 cm³/mol. The Morgan fingerprint density at radius 3 is 2.39 bits per heavy atom. The van der Waals surface area contributed by atoms with E-state index >= 15 is 0 Å². The van der Waals surface area contributed by atoms with Crippen LogP contribution in [0.25, 0.3) is 0 Å². The number of aldehydes is 1. The summed E-state index contributed by atoms with van der Waals surface area (Å²) in [6, 6.07) is 10.7. The summed E-state index contributed by atoms with van der Waals surface area (Å²) in [6.45, 7) is 2.65. The fraction of sp³-hybridized carbons (Fsp3) is 0.250. The van der Waals surface area contributed by atoms with Crippen molar-refractivity contribution in [1.29, 1.82) is 0 Å². The minimum absolute atomic E-state index is 0.106. The first-order valence-electron chi connectivity index (χ1n) is 8.75. The van der Waals surface area contributed by atoms with Crippen LogP contribution in [0.15, 0.2) is 56.7 Å². The highest BCUT2D eigenvalue weighted by Gasteiger charge is 2.23. The van der Waals surface area contributed by atoms with Gasteiger partial charge in [0.15, 0.2) is 6.29 Å². The van der Waals surface area contributed by atoms with Gasteiger partial charge in [-0.1, -0.05) is 0 Å². The molecular weight excluding hydrogens is 362 g/mol. The third kappa shape index (κ3) is 3.48. The molecule has 1 aromatic carbocycles. The Morgan fingerprint density at radius 2 is 1.82 bits per heavy atom. The lowest BCUT2D eigenvalue weighted by Crippen LogP contribution is -2.42. The topological polar surface area (TPSA) is 86.7 Å².